The zero-order valence-corrected chi connectivity index (χ0v) is 22.4. The van der Waals surface area contributed by atoms with Crippen LogP contribution in [-0.2, 0) is 9.53 Å². The van der Waals surface area contributed by atoms with Crippen molar-refractivity contribution >= 4 is 17.6 Å². The van der Waals surface area contributed by atoms with Gasteiger partial charge in [0.05, 0.1) is 39.2 Å². The molecule has 1 N–H and O–H groups in total. The van der Waals surface area contributed by atoms with E-state index in [0.29, 0.717) is 39.3 Å². The first kappa shape index (κ1) is 27.4. The minimum Gasteiger partial charge on any atom is -0.497 e. The minimum absolute atomic E-state index is 0.0717. The van der Waals surface area contributed by atoms with E-state index in [1.807, 2.05) is 55.5 Å². The molecule has 10 heteroatoms. The molecule has 204 valence electrons. The van der Waals surface area contributed by atoms with Crippen molar-refractivity contribution in [3.05, 3.63) is 59.7 Å². The lowest BCUT2D eigenvalue weighted by Crippen LogP contribution is -2.49. The summed E-state index contributed by atoms with van der Waals surface area (Å²) in [5, 5.41) is 9.14. The lowest BCUT2D eigenvalue weighted by atomic mass is 9.98. The van der Waals surface area contributed by atoms with Crippen LogP contribution >= 0.6 is 0 Å². The summed E-state index contributed by atoms with van der Waals surface area (Å²) in [7, 11) is 3.25. The lowest BCUT2D eigenvalue weighted by Gasteiger charge is -2.31. The smallest absolute Gasteiger partial charge is 0.317 e. The number of hydrogen-bond acceptors (Lipinski definition) is 7. The van der Waals surface area contributed by atoms with Gasteiger partial charge in [0, 0.05) is 44.7 Å². The fourth-order valence-electron chi connectivity index (χ4n) is 4.64. The zero-order valence-electron chi connectivity index (χ0n) is 22.4. The molecule has 3 amide bonds. The first-order valence-corrected chi connectivity index (χ1v) is 13.0. The van der Waals surface area contributed by atoms with Gasteiger partial charge in [-0.05, 0) is 36.8 Å². The third-order valence-corrected chi connectivity index (χ3v) is 6.80. The molecular weight excluding hydrogens is 486 g/mol. The lowest BCUT2D eigenvalue weighted by molar-refractivity contribution is -0.133. The van der Waals surface area contributed by atoms with Crippen LogP contribution < -0.4 is 14.8 Å². The van der Waals surface area contributed by atoms with Crippen molar-refractivity contribution in [3.63, 3.8) is 0 Å². The van der Waals surface area contributed by atoms with Crippen molar-refractivity contribution in [2.24, 2.45) is 5.10 Å². The van der Waals surface area contributed by atoms with Crippen molar-refractivity contribution in [1.82, 2.24) is 20.1 Å². The highest BCUT2D eigenvalue weighted by Crippen LogP contribution is 2.34. The van der Waals surface area contributed by atoms with Crippen LogP contribution in [0.25, 0.3) is 0 Å². The van der Waals surface area contributed by atoms with Gasteiger partial charge >= 0.3 is 6.03 Å². The Morgan fingerprint density at radius 1 is 1.08 bits per heavy atom. The molecule has 2 aliphatic heterocycles. The Balaban J connectivity index is 1.56. The van der Waals surface area contributed by atoms with E-state index in [4.69, 9.17) is 19.3 Å². The summed E-state index contributed by atoms with van der Waals surface area (Å²) in [6.45, 7) is 6.38. The second kappa shape index (κ2) is 13.3. The number of carbonyl (C=O) groups is 2. The number of hydrogen-bond donors (Lipinski definition) is 1. The Kier molecular flexibility index (Phi) is 9.56. The van der Waals surface area contributed by atoms with Crippen LogP contribution in [-0.4, -0.2) is 99.2 Å². The molecule has 1 fully saturated rings. The van der Waals surface area contributed by atoms with Crippen LogP contribution in [0.5, 0.6) is 11.5 Å². The molecule has 2 aromatic rings. The van der Waals surface area contributed by atoms with Gasteiger partial charge in [0.25, 0.3) is 5.91 Å². The van der Waals surface area contributed by atoms with Crippen LogP contribution in [0.4, 0.5) is 4.79 Å². The number of nitrogens with zero attached hydrogens (tertiary/aromatic N) is 4. The summed E-state index contributed by atoms with van der Waals surface area (Å²) in [5.74, 6) is 1.22. The fourth-order valence-corrected chi connectivity index (χ4v) is 4.64. The highest BCUT2D eigenvalue weighted by Gasteiger charge is 2.34. The Labute approximate surface area is 224 Å². The molecule has 10 nitrogen and oxygen atoms in total. The van der Waals surface area contributed by atoms with E-state index >= 15 is 0 Å². The first-order valence-electron chi connectivity index (χ1n) is 13.0. The number of morpholine rings is 1. The van der Waals surface area contributed by atoms with Crippen LogP contribution in [0, 0.1) is 0 Å². The molecule has 0 unspecified atom stereocenters. The van der Waals surface area contributed by atoms with Gasteiger partial charge in [-0.1, -0.05) is 24.3 Å². The van der Waals surface area contributed by atoms with Crippen molar-refractivity contribution in [3.8, 4) is 11.5 Å². The van der Waals surface area contributed by atoms with E-state index in [9.17, 15) is 9.59 Å². The predicted octanol–water partition coefficient (Wildman–Crippen LogP) is 2.75. The highest BCUT2D eigenvalue weighted by atomic mass is 16.5. The number of benzene rings is 2. The van der Waals surface area contributed by atoms with E-state index in [2.05, 4.69) is 10.2 Å². The Hall–Kier alpha value is -3.63. The monoisotopic (exact) mass is 523 g/mol. The van der Waals surface area contributed by atoms with Gasteiger partial charge in [0.2, 0.25) is 0 Å². The Morgan fingerprint density at radius 2 is 1.82 bits per heavy atom. The largest absolute Gasteiger partial charge is 0.497 e. The molecule has 0 spiro atoms. The molecule has 4 rings (SSSR count). The molecule has 2 aromatic carbocycles. The zero-order chi connectivity index (χ0) is 26.9. The Morgan fingerprint density at radius 3 is 2.50 bits per heavy atom. The molecule has 1 atom stereocenters. The minimum atomic E-state index is -0.301. The summed E-state index contributed by atoms with van der Waals surface area (Å²) < 4.78 is 16.1. The molecule has 0 radical (unpaired) electrons. The third kappa shape index (κ3) is 6.81. The summed E-state index contributed by atoms with van der Waals surface area (Å²) in [6, 6.07) is 14.8. The number of urea groups is 1. The van der Waals surface area contributed by atoms with Gasteiger partial charge in [-0.15, -0.1) is 0 Å². The molecule has 0 aliphatic carbocycles. The quantitative estimate of drug-likeness (QED) is 0.515. The molecule has 0 aromatic heterocycles. The Bertz CT molecular complexity index is 1120. The molecule has 0 saturated carbocycles. The van der Waals surface area contributed by atoms with Gasteiger partial charge in [-0.3, -0.25) is 9.69 Å². The molecule has 1 saturated heterocycles. The van der Waals surface area contributed by atoms with Crippen LogP contribution in [0.15, 0.2) is 53.6 Å². The van der Waals surface area contributed by atoms with Crippen molar-refractivity contribution in [2.45, 2.75) is 19.4 Å². The SMILES string of the molecule is CCNC(=O)N(CCN1CCOCC1)CC(=O)N1N=C(c2cccc(OC)c2)C[C@H]1c1ccc(OC)cc1. The van der Waals surface area contributed by atoms with E-state index in [-0.39, 0.29) is 24.5 Å². The predicted molar refractivity (Wildman–Crippen MR) is 145 cm³/mol. The summed E-state index contributed by atoms with van der Waals surface area (Å²) >= 11 is 0. The molecule has 38 heavy (non-hydrogen) atoms. The van der Waals surface area contributed by atoms with Gasteiger partial charge in [-0.2, -0.15) is 5.10 Å². The summed E-state index contributed by atoms with van der Waals surface area (Å²) in [4.78, 5) is 30.4. The van der Waals surface area contributed by atoms with Crippen LogP contribution in [0.3, 0.4) is 0 Å². The van der Waals surface area contributed by atoms with E-state index in [1.54, 1.807) is 19.1 Å². The topological polar surface area (TPSA) is 95.9 Å². The van der Waals surface area contributed by atoms with Crippen molar-refractivity contribution in [2.75, 3.05) is 66.7 Å². The number of amides is 3. The van der Waals surface area contributed by atoms with Gasteiger partial charge in [0.15, 0.2) is 0 Å². The first-order chi connectivity index (χ1) is 18.5. The average molecular weight is 524 g/mol. The number of carbonyl (C=O) groups excluding carboxylic acids is 2. The summed E-state index contributed by atoms with van der Waals surface area (Å²) in [6.07, 6.45) is 0.542. The van der Waals surface area contributed by atoms with E-state index in [0.717, 1.165) is 41.4 Å². The maximum atomic E-state index is 13.7. The maximum Gasteiger partial charge on any atom is 0.317 e. The van der Waals surface area contributed by atoms with Crippen molar-refractivity contribution in [1.29, 1.82) is 0 Å². The summed E-state index contributed by atoms with van der Waals surface area (Å²) in [5.41, 5.74) is 2.63. The van der Waals surface area contributed by atoms with E-state index in [1.165, 1.54) is 5.01 Å². The van der Waals surface area contributed by atoms with E-state index < -0.39 is 0 Å². The van der Waals surface area contributed by atoms with Crippen LogP contribution in [0.1, 0.15) is 30.5 Å². The number of hydrazone groups is 1. The number of ether oxygens (including phenoxy) is 3. The second-order valence-corrected chi connectivity index (χ2v) is 9.22. The number of rotatable bonds is 10. The van der Waals surface area contributed by atoms with Crippen molar-refractivity contribution < 1.29 is 23.8 Å². The molecule has 0 bridgehead atoms. The second-order valence-electron chi connectivity index (χ2n) is 9.22. The average Bonchev–Trinajstić information content (AvgIpc) is 3.42. The number of nitrogens with one attached hydrogen (secondary N) is 1. The highest BCUT2D eigenvalue weighted by molar-refractivity contribution is 6.03. The van der Waals surface area contributed by atoms with Gasteiger partial charge in [-0.25, -0.2) is 9.80 Å². The normalized spacial score (nSPS) is 17.6. The molecule has 2 heterocycles. The maximum absolute atomic E-state index is 13.7. The molecular formula is C28H37N5O5. The third-order valence-electron chi connectivity index (χ3n) is 6.80. The standard InChI is InChI=1S/C28H37N5O5/c1-4-29-28(35)32(13-12-31-14-16-38-17-15-31)20-27(34)33-26(21-8-10-23(36-2)11-9-21)19-25(30-33)22-6-5-7-24(18-22)37-3/h5-11,18,26H,4,12-17,19-20H2,1-3H3,(H,29,35)/t26-/m0/s1. The molecule has 2 aliphatic rings. The fraction of sp³-hybridized carbons (Fsp3) is 0.464. The number of methoxy groups -OCH3 is 2. The van der Waals surface area contributed by atoms with Crippen LogP contribution in [0.2, 0.25) is 0 Å². The van der Waals surface area contributed by atoms with Gasteiger partial charge in [0.1, 0.15) is 18.0 Å². The van der Waals surface area contributed by atoms with Gasteiger partial charge < -0.3 is 24.4 Å².